The second kappa shape index (κ2) is 9.27. The van der Waals surface area contributed by atoms with Gasteiger partial charge in [0.15, 0.2) is 5.13 Å². The number of carbonyl (C=O) groups excluding carboxylic acids is 2. The molecule has 2 amide bonds. The minimum absolute atomic E-state index is 0.0171. The van der Waals surface area contributed by atoms with Crippen LogP contribution in [0.5, 0.6) is 0 Å². The number of anilines is 3. The molecule has 32 heavy (non-hydrogen) atoms. The Kier molecular flexibility index (Phi) is 6.68. The Hall–Kier alpha value is -3.60. The van der Waals surface area contributed by atoms with Gasteiger partial charge in [-0.1, -0.05) is 6.07 Å². The average Bonchev–Trinajstić information content (AvgIpc) is 3.17. The molecule has 1 N–H and O–H groups in total. The van der Waals surface area contributed by atoms with E-state index in [2.05, 4.69) is 10.3 Å². The fourth-order valence-corrected chi connectivity index (χ4v) is 3.49. The van der Waals surface area contributed by atoms with Crippen molar-refractivity contribution in [3.63, 3.8) is 0 Å². The van der Waals surface area contributed by atoms with E-state index in [1.807, 2.05) is 0 Å². The highest BCUT2D eigenvalue weighted by atomic mass is 32.1. The maximum atomic E-state index is 13.6. The van der Waals surface area contributed by atoms with Crippen LogP contribution in [0.4, 0.5) is 38.5 Å². The summed E-state index contributed by atoms with van der Waals surface area (Å²) < 4.78 is 65.8. The molecule has 1 heterocycles. The van der Waals surface area contributed by atoms with Gasteiger partial charge in [0.2, 0.25) is 11.8 Å². The summed E-state index contributed by atoms with van der Waals surface area (Å²) in [5, 5.41) is 3.75. The maximum Gasteiger partial charge on any atom is 0.416 e. The number of halogens is 5. The van der Waals surface area contributed by atoms with Crippen LogP contribution in [0.1, 0.15) is 18.2 Å². The lowest BCUT2D eigenvalue weighted by molar-refractivity contribution is -0.137. The SMILES string of the molecule is CC(=O)N(c1cccc(C(F)(F)F)c1)c1nc(/C=C/C(=O)Nc2cc(F)ccc2F)cs1. The topological polar surface area (TPSA) is 62.3 Å². The van der Waals surface area contributed by atoms with Gasteiger partial charge in [0.05, 0.1) is 22.6 Å². The lowest BCUT2D eigenvalue weighted by atomic mass is 10.2. The smallest absolute Gasteiger partial charge is 0.320 e. The average molecular weight is 467 g/mol. The third-order valence-electron chi connectivity index (χ3n) is 4.04. The van der Waals surface area contributed by atoms with Crippen molar-refractivity contribution in [1.82, 2.24) is 4.98 Å². The van der Waals surface area contributed by atoms with Crippen LogP contribution in [-0.2, 0) is 15.8 Å². The summed E-state index contributed by atoms with van der Waals surface area (Å²) in [6.07, 6.45) is -2.30. The van der Waals surface area contributed by atoms with Gasteiger partial charge in [-0.05, 0) is 36.4 Å². The van der Waals surface area contributed by atoms with E-state index >= 15 is 0 Å². The molecule has 0 aliphatic rings. The summed E-state index contributed by atoms with van der Waals surface area (Å²) in [6, 6.07) is 6.83. The van der Waals surface area contributed by atoms with Crippen LogP contribution in [0.15, 0.2) is 53.9 Å². The zero-order valence-electron chi connectivity index (χ0n) is 16.3. The Morgan fingerprint density at radius 3 is 2.56 bits per heavy atom. The van der Waals surface area contributed by atoms with Crippen LogP contribution in [0.2, 0.25) is 0 Å². The molecule has 0 fully saturated rings. The van der Waals surface area contributed by atoms with Gasteiger partial charge in [0, 0.05) is 24.4 Å². The summed E-state index contributed by atoms with van der Waals surface area (Å²) in [5.41, 5.74) is -1.04. The maximum absolute atomic E-state index is 13.6. The second-order valence-corrected chi connectivity index (χ2v) is 7.24. The molecule has 0 saturated carbocycles. The molecule has 5 nitrogen and oxygen atoms in total. The molecule has 11 heteroatoms. The Balaban J connectivity index is 1.79. The van der Waals surface area contributed by atoms with E-state index in [-0.39, 0.29) is 22.2 Å². The molecule has 0 aliphatic heterocycles. The van der Waals surface area contributed by atoms with Gasteiger partial charge in [-0.3, -0.25) is 14.5 Å². The third kappa shape index (κ3) is 5.55. The summed E-state index contributed by atoms with van der Waals surface area (Å²) in [7, 11) is 0. The van der Waals surface area contributed by atoms with Crippen LogP contribution >= 0.6 is 11.3 Å². The predicted octanol–water partition coefficient (Wildman–Crippen LogP) is 5.78. The van der Waals surface area contributed by atoms with Crippen LogP contribution in [-0.4, -0.2) is 16.8 Å². The highest BCUT2D eigenvalue weighted by Gasteiger charge is 2.31. The normalized spacial score (nSPS) is 11.6. The van der Waals surface area contributed by atoms with E-state index in [0.717, 1.165) is 52.6 Å². The number of amides is 2. The standard InChI is InChI=1S/C21H14F5N3O2S/c1-12(30)29(16-4-2-3-13(9-16)21(24,25)26)20-27-15(11-32-20)6-8-19(31)28-18-10-14(22)5-7-17(18)23/h2-11H,1H3,(H,28,31)/b8-6+. The first-order valence-electron chi connectivity index (χ1n) is 8.92. The van der Waals surface area contributed by atoms with Gasteiger partial charge in [0.1, 0.15) is 11.6 Å². The Morgan fingerprint density at radius 2 is 1.88 bits per heavy atom. The van der Waals surface area contributed by atoms with Gasteiger partial charge in [-0.25, -0.2) is 13.8 Å². The molecule has 0 spiro atoms. The minimum Gasteiger partial charge on any atom is -0.320 e. The van der Waals surface area contributed by atoms with Crippen molar-refractivity contribution < 1.29 is 31.5 Å². The first kappa shape index (κ1) is 23.1. The van der Waals surface area contributed by atoms with E-state index in [1.54, 1.807) is 0 Å². The number of benzene rings is 2. The molecular weight excluding hydrogens is 453 g/mol. The zero-order chi connectivity index (χ0) is 23.5. The number of hydrogen-bond acceptors (Lipinski definition) is 4. The molecule has 3 aromatic rings. The molecule has 0 radical (unpaired) electrons. The summed E-state index contributed by atoms with van der Waals surface area (Å²) in [4.78, 5) is 29.2. The molecule has 2 aromatic carbocycles. The van der Waals surface area contributed by atoms with Gasteiger partial charge in [0.25, 0.3) is 0 Å². The second-order valence-electron chi connectivity index (χ2n) is 6.40. The number of nitrogens with one attached hydrogen (secondary N) is 1. The summed E-state index contributed by atoms with van der Waals surface area (Å²) in [5.74, 6) is -2.87. The van der Waals surface area contributed by atoms with E-state index in [4.69, 9.17) is 0 Å². The largest absolute Gasteiger partial charge is 0.416 e. The van der Waals surface area contributed by atoms with Crippen molar-refractivity contribution in [1.29, 1.82) is 0 Å². The fraction of sp³-hybridized carbons (Fsp3) is 0.0952. The fourth-order valence-electron chi connectivity index (χ4n) is 2.63. The molecule has 3 rings (SSSR count). The molecule has 0 atom stereocenters. The third-order valence-corrected chi connectivity index (χ3v) is 4.88. The van der Waals surface area contributed by atoms with E-state index in [1.165, 1.54) is 30.5 Å². The van der Waals surface area contributed by atoms with Crippen molar-refractivity contribution in [3.05, 3.63) is 76.8 Å². The molecular formula is C21H14F5N3O2S. The minimum atomic E-state index is -4.58. The van der Waals surface area contributed by atoms with Crippen molar-refractivity contribution in [2.24, 2.45) is 0 Å². The monoisotopic (exact) mass is 467 g/mol. The number of rotatable bonds is 5. The van der Waals surface area contributed by atoms with Crippen LogP contribution in [0, 0.1) is 11.6 Å². The quantitative estimate of drug-likeness (QED) is 0.383. The van der Waals surface area contributed by atoms with Crippen molar-refractivity contribution in [3.8, 4) is 0 Å². The van der Waals surface area contributed by atoms with Gasteiger partial charge < -0.3 is 5.32 Å². The molecule has 0 saturated heterocycles. The van der Waals surface area contributed by atoms with Crippen LogP contribution in [0.3, 0.4) is 0 Å². The lowest BCUT2D eigenvalue weighted by Gasteiger charge is -2.19. The number of nitrogens with zero attached hydrogens (tertiary/aromatic N) is 2. The van der Waals surface area contributed by atoms with Gasteiger partial charge in [-0.15, -0.1) is 11.3 Å². The molecule has 0 aliphatic carbocycles. The highest BCUT2D eigenvalue weighted by molar-refractivity contribution is 7.14. The Morgan fingerprint density at radius 1 is 1.12 bits per heavy atom. The lowest BCUT2D eigenvalue weighted by Crippen LogP contribution is -2.23. The highest BCUT2D eigenvalue weighted by Crippen LogP contribution is 2.35. The number of thiazole rings is 1. The number of alkyl halides is 3. The first-order chi connectivity index (χ1) is 15.0. The van der Waals surface area contributed by atoms with E-state index < -0.39 is 35.2 Å². The number of aromatic nitrogens is 1. The first-order valence-corrected chi connectivity index (χ1v) is 9.80. The summed E-state index contributed by atoms with van der Waals surface area (Å²) in [6.45, 7) is 1.18. The Labute approximate surface area is 182 Å². The van der Waals surface area contributed by atoms with Crippen molar-refractivity contribution >= 4 is 45.7 Å². The van der Waals surface area contributed by atoms with E-state index in [0.29, 0.717) is 0 Å². The van der Waals surface area contributed by atoms with Crippen LogP contribution in [0.25, 0.3) is 6.08 Å². The molecule has 0 unspecified atom stereocenters. The van der Waals surface area contributed by atoms with Crippen molar-refractivity contribution in [2.75, 3.05) is 10.2 Å². The molecule has 166 valence electrons. The van der Waals surface area contributed by atoms with Crippen molar-refractivity contribution in [2.45, 2.75) is 13.1 Å². The van der Waals surface area contributed by atoms with Gasteiger partial charge >= 0.3 is 6.18 Å². The Bertz CT molecular complexity index is 1190. The van der Waals surface area contributed by atoms with Gasteiger partial charge in [-0.2, -0.15) is 13.2 Å². The molecule has 1 aromatic heterocycles. The van der Waals surface area contributed by atoms with E-state index in [9.17, 15) is 31.5 Å². The zero-order valence-corrected chi connectivity index (χ0v) is 17.1. The number of hydrogen-bond donors (Lipinski definition) is 1. The predicted molar refractivity (Wildman–Crippen MR) is 110 cm³/mol. The summed E-state index contributed by atoms with van der Waals surface area (Å²) >= 11 is 0.974. The molecule has 0 bridgehead atoms. The number of carbonyl (C=O) groups is 2. The van der Waals surface area contributed by atoms with Crippen LogP contribution < -0.4 is 10.2 Å².